The molecule has 3 aliphatic rings. The number of hydrogen-bond acceptors (Lipinski definition) is 4. The van der Waals surface area contributed by atoms with E-state index in [0.29, 0.717) is 25.8 Å². The Labute approximate surface area is 205 Å². The number of alkyl carbamates (subject to hydrolysis) is 1. The quantitative estimate of drug-likeness (QED) is 0.611. The van der Waals surface area contributed by atoms with Crippen LogP contribution in [0.15, 0.2) is 48.5 Å². The van der Waals surface area contributed by atoms with Gasteiger partial charge in [-0.15, -0.1) is 0 Å². The highest BCUT2D eigenvalue weighted by atomic mass is 16.5. The molecule has 0 radical (unpaired) electrons. The van der Waals surface area contributed by atoms with Crippen LogP contribution in [0.5, 0.6) is 0 Å². The highest BCUT2D eigenvalue weighted by Crippen LogP contribution is 2.55. The molecule has 1 heterocycles. The summed E-state index contributed by atoms with van der Waals surface area (Å²) in [5, 5.41) is 12.8. The van der Waals surface area contributed by atoms with Crippen molar-refractivity contribution in [3.8, 4) is 11.1 Å². The van der Waals surface area contributed by atoms with Crippen molar-refractivity contribution in [1.82, 2.24) is 10.2 Å². The Kier molecular flexibility index (Phi) is 5.82. The molecule has 35 heavy (non-hydrogen) atoms. The second kappa shape index (κ2) is 8.70. The molecule has 7 nitrogen and oxygen atoms in total. The Morgan fingerprint density at radius 2 is 1.66 bits per heavy atom. The van der Waals surface area contributed by atoms with Gasteiger partial charge in [0.15, 0.2) is 0 Å². The fourth-order valence-electron chi connectivity index (χ4n) is 6.21. The summed E-state index contributed by atoms with van der Waals surface area (Å²) in [6.45, 7) is 4.23. The van der Waals surface area contributed by atoms with Crippen molar-refractivity contribution in [3.05, 3.63) is 59.7 Å². The molecule has 1 aliphatic heterocycles. The first-order valence-corrected chi connectivity index (χ1v) is 12.6. The minimum Gasteiger partial charge on any atom is -0.479 e. The minimum absolute atomic E-state index is 0.00133. The number of carbonyl (C=O) groups is 3. The number of hydrogen-bond donors (Lipinski definition) is 2. The number of carbonyl (C=O) groups excluding carboxylic acids is 2. The summed E-state index contributed by atoms with van der Waals surface area (Å²) in [5.74, 6) is -1.34. The van der Waals surface area contributed by atoms with E-state index in [9.17, 15) is 19.5 Å². The molecular formula is C28H32N2O5. The Balaban J connectivity index is 1.32. The van der Waals surface area contributed by atoms with E-state index >= 15 is 0 Å². The molecule has 1 saturated heterocycles. The van der Waals surface area contributed by atoms with Crippen LogP contribution >= 0.6 is 0 Å². The fraction of sp³-hybridized carbons (Fsp3) is 0.464. The number of carboxylic acids is 1. The Hall–Kier alpha value is -3.35. The maximum Gasteiger partial charge on any atom is 0.408 e. The number of aliphatic carboxylic acids is 1. The molecule has 0 aromatic heterocycles. The van der Waals surface area contributed by atoms with Gasteiger partial charge in [0, 0.05) is 12.5 Å². The molecule has 184 valence electrons. The highest BCUT2D eigenvalue weighted by Gasteiger charge is 2.68. The van der Waals surface area contributed by atoms with E-state index in [1.165, 1.54) is 4.90 Å². The number of piperidine rings is 1. The van der Waals surface area contributed by atoms with Crippen LogP contribution in [-0.2, 0) is 14.3 Å². The molecule has 5 rings (SSSR count). The number of likely N-dealkylation sites (tertiary alicyclic amines) is 1. The van der Waals surface area contributed by atoms with Gasteiger partial charge in [-0.25, -0.2) is 9.59 Å². The largest absolute Gasteiger partial charge is 0.479 e. The van der Waals surface area contributed by atoms with E-state index in [1.54, 1.807) is 0 Å². The molecule has 2 amide bonds. The summed E-state index contributed by atoms with van der Waals surface area (Å²) in [6, 6.07) is 16.2. The van der Waals surface area contributed by atoms with Crippen LogP contribution in [0.3, 0.4) is 0 Å². The van der Waals surface area contributed by atoms with E-state index in [1.807, 2.05) is 38.1 Å². The third-order valence-corrected chi connectivity index (χ3v) is 8.41. The predicted molar refractivity (Wildman–Crippen MR) is 131 cm³/mol. The Morgan fingerprint density at radius 1 is 1.06 bits per heavy atom. The fourth-order valence-corrected chi connectivity index (χ4v) is 6.21. The summed E-state index contributed by atoms with van der Waals surface area (Å²) in [7, 11) is 0. The zero-order valence-electron chi connectivity index (χ0n) is 20.3. The molecule has 2 atom stereocenters. The third-order valence-electron chi connectivity index (χ3n) is 8.41. The van der Waals surface area contributed by atoms with Crippen molar-refractivity contribution in [2.75, 3.05) is 13.2 Å². The molecule has 0 unspecified atom stereocenters. The molecular weight excluding hydrogens is 444 g/mol. The SMILES string of the molecule is CCC(CC)(NC(=O)OCC1c2ccccc2-c2ccccc21)C(=O)N1CCC[C@@H]2C[C@@]21C(=O)O. The lowest BCUT2D eigenvalue weighted by molar-refractivity contribution is -0.158. The first-order chi connectivity index (χ1) is 16.9. The van der Waals surface area contributed by atoms with Gasteiger partial charge < -0.3 is 20.1 Å². The van der Waals surface area contributed by atoms with E-state index in [-0.39, 0.29) is 24.3 Å². The molecule has 0 bridgehead atoms. The molecule has 2 aliphatic carbocycles. The monoisotopic (exact) mass is 476 g/mol. The molecule has 2 fully saturated rings. The van der Waals surface area contributed by atoms with Crippen LogP contribution in [-0.4, -0.2) is 52.2 Å². The van der Waals surface area contributed by atoms with Gasteiger partial charge in [-0.3, -0.25) is 4.79 Å². The number of carboxylic acid groups (broad SMARTS) is 1. The van der Waals surface area contributed by atoms with Gasteiger partial charge >= 0.3 is 12.1 Å². The van der Waals surface area contributed by atoms with Crippen molar-refractivity contribution in [3.63, 3.8) is 0 Å². The van der Waals surface area contributed by atoms with Crippen molar-refractivity contribution in [1.29, 1.82) is 0 Å². The summed E-state index contributed by atoms with van der Waals surface area (Å²) in [5.41, 5.74) is 2.21. The zero-order valence-corrected chi connectivity index (χ0v) is 20.3. The normalized spacial score (nSPS) is 22.6. The van der Waals surface area contributed by atoms with Gasteiger partial charge in [-0.1, -0.05) is 62.4 Å². The summed E-state index contributed by atoms with van der Waals surface area (Å²) in [6.07, 6.45) is 2.13. The predicted octanol–water partition coefficient (Wildman–Crippen LogP) is 4.55. The first-order valence-electron chi connectivity index (χ1n) is 12.6. The Morgan fingerprint density at radius 3 is 2.23 bits per heavy atom. The number of benzene rings is 2. The molecule has 2 aromatic carbocycles. The van der Waals surface area contributed by atoms with Gasteiger partial charge in [0.2, 0.25) is 5.91 Å². The van der Waals surface area contributed by atoms with Crippen LogP contribution in [0.2, 0.25) is 0 Å². The smallest absolute Gasteiger partial charge is 0.408 e. The topological polar surface area (TPSA) is 95.9 Å². The van der Waals surface area contributed by atoms with Crippen molar-refractivity contribution in [2.24, 2.45) is 5.92 Å². The van der Waals surface area contributed by atoms with Crippen LogP contribution in [0, 0.1) is 5.92 Å². The average Bonchev–Trinajstić information content (AvgIpc) is 3.57. The number of nitrogens with one attached hydrogen (secondary N) is 1. The van der Waals surface area contributed by atoms with Crippen LogP contribution in [0.25, 0.3) is 11.1 Å². The maximum atomic E-state index is 13.7. The van der Waals surface area contributed by atoms with Gasteiger partial charge in [0.1, 0.15) is 17.7 Å². The standard InChI is InChI=1S/C28H32N2O5/c1-3-27(4-2,24(31)30-15-9-10-18-16-28(18,30)25(32)33)29-26(34)35-17-23-21-13-7-5-11-19(21)20-12-6-8-14-22(20)23/h5-8,11-14,18,23H,3-4,9-10,15-17H2,1-2H3,(H,29,34)(H,32,33)/t18-,28+/m1/s1. The molecule has 2 N–H and O–H groups in total. The summed E-state index contributed by atoms with van der Waals surface area (Å²) >= 11 is 0. The number of rotatable bonds is 7. The van der Waals surface area contributed by atoms with Gasteiger partial charge in [0.25, 0.3) is 0 Å². The van der Waals surface area contributed by atoms with Gasteiger partial charge in [0.05, 0.1) is 0 Å². The lowest BCUT2D eigenvalue weighted by atomic mass is 9.88. The second-order valence-electron chi connectivity index (χ2n) is 9.97. The number of amides is 2. The molecule has 7 heteroatoms. The van der Waals surface area contributed by atoms with E-state index in [4.69, 9.17) is 4.74 Å². The maximum absolute atomic E-state index is 13.7. The highest BCUT2D eigenvalue weighted by molar-refractivity contribution is 5.96. The van der Waals surface area contributed by atoms with E-state index in [2.05, 4.69) is 29.6 Å². The lowest BCUT2D eigenvalue weighted by Crippen LogP contribution is -2.64. The van der Waals surface area contributed by atoms with Crippen LogP contribution in [0.1, 0.15) is 63.0 Å². The number of ether oxygens (including phenoxy) is 1. The third kappa shape index (κ3) is 3.60. The molecule has 2 aromatic rings. The first kappa shape index (κ1) is 23.4. The molecule has 0 spiro atoms. The number of fused-ring (bicyclic) bond motifs is 4. The van der Waals surface area contributed by atoms with Gasteiger partial charge in [-0.05, 0) is 60.3 Å². The average molecular weight is 477 g/mol. The van der Waals surface area contributed by atoms with Crippen LogP contribution in [0.4, 0.5) is 4.79 Å². The summed E-state index contributed by atoms with van der Waals surface area (Å²) in [4.78, 5) is 40.4. The number of nitrogens with zero attached hydrogens (tertiary/aromatic N) is 1. The minimum atomic E-state index is -1.20. The van der Waals surface area contributed by atoms with Crippen LogP contribution < -0.4 is 5.32 Å². The van der Waals surface area contributed by atoms with Gasteiger partial charge in [-0.2, -0.15) is 0 Å². The molecule has 1 saturated carbocycles. The zero-order chi connectivity index (χ0) is 24.8. The van der Waals surface area contributed by atoms with E-state index in [0.717, 1.165) is 35.1 Å². The van der Waals surface area contributed by atoms with Crippen molar-refractivity contribution < 1.29 is 24.2 Å². The van der Waals surface area contributed by atoms with Crippen molar-refractivity contribution in [2.45, 2.75) is 62.9 Å². The van der Waals surface area contributed by atoms with E-state index < -0.39 is 23.1 Å². The Bertz CT molecular complexity index is 1130. The summed E-state index contributed by atoms with van der Waals surface area (Å²) < 4.78 is 5.71. The van der Waals surface area contributed by atoms with Crippen molar-refractivity contribution >= 4 is 18.0 Å². The second-order valence-corrected chi connectivity index (χ2v) is 9.97. The lowest BCUT2D eigenvalue weighted by Gasteiger charge is -2.41.